The van der Waals surface area contributed by atoms with Crippen molar-refractivity contribution in [3.05, 3.63) is 46.1 Å². The molecule has 0 saturated carbocycles. The molecule has 0 amide bonds. The zero-order chi connectivity index (χ0) is 18.0. The molecule has 2 heterocycles. The predicted octanol–water partition coefficient (Wildman–Crippen LogP) is 4.39. The summed E-state index contributed by atoms with van der Waals surface area (Å²) in [5.41, 5.74) is 2.94. The zero-order valence-corrected chi connectivity index (χ0v) is 15.8. The number of aliphatic imine (C=N–C) groups is 1. The van der Waals surface area contributed by atoms with Crippen molar-refractivity contribution < 1.29 is 14.3 Å². The molecule has 0 saturated heterocycles. The number of rotatable bonds is 5. The Hall–Kier alpha value is -1.59. The molecule has 3 rings (SSSR count). The van der Waals surface area contributed by atoms with Gasteiger partial charge in [-0.2, -0.15) is 0 Å². The van der Waals surface area contributed by atoms with Crippen LogP contribution in [0, 0.1) is 5.92 Å². The van der Waals surface area contributed by atoms with Gasteiger partial charge in [0.15, 0.2) is 0 Å². The molecule has 6 heteroatoms. The van der Waals surface area contributed by atoms with Crippen LogP contribution in [0.3, 0.4) is 0 Å². The third-order valence-corrected chi connectivity index (χ3v) is 5.62. The molecule has 0 aromatic heterocycles. The summed E-state index contributed by atoms with van der Waals surface area (Å²) >= 11 is 7.39. The number of carbonyl (C=O) groups is 2. The van der Waals surface area contributed by atoms with Crippen LogP contribution in [0.4, 0.5) is 0 Å². The van der Waals surface area contributed by atoms with Crippen LogP contribution in [0.5, 0.6) is 0 Å². The van der Waals surface area contributed by atoms with Gasteiger partial charge in [-0.3, -0.25) is 14.6 Å². The molecule has 4 nitrogen and oxygen atoms in total. The van der Waals surface area contributed by atoms with Crippen LogP contribution in [0.1, 0.15) is 38.2 Å². The van der Waals surface area contributed by atoms with Crippen LogP contribution in [0.2, 0.25) is 5.02 Å². The van der Waals surface area contributed by atoms with Gasteiger partial charge in [0.05, 0.1) is 12.3 Å². The maximum atomic E-state index is 12.8. The van der Waals surface area contributed by atoms with E-state index < -0.39 is 5.92 Å². The van der Waals surface area contributed by atoms with Crippen molar-refractivity contribution in [3.63, 3.8) is 0 Å². The number of hydrogen-bond donors (Lipinski definition) is 0. The standard InChI is InChI=1S/C19H20ClNO3S/c1-3-4-8-24-18(22)15-11(2)21-14-10-25-19(23)17(14)16(15)12-6-5-7-13(20)9-12/h5-7,9,15-16H,3-4,8,10H2,1-2H3. The van der Waals surface area contributed by atoms with Gasteiger partial charge >= 0.3 is 5.97 Å². The average molecular weight is 378 g/mol. The lowest BCUT2D eigenvalue weighted by atomic mass is 9.76. The summed E-state index contributed by atoms with van der Waals surface area (Å²) in [6, 6.07) is 7.34. The highest BCUT2D eigenvalue weighted by Gasteiger charge is 2.44. The second kappa shape index (κ2) is 7.75. The lowest BCUT2D eigenvalue weighted by molar-refractivity contribution is -0.146. The Morgan fingerprint density at radius 1 is 1.44 bits per heavy atom. The minimum absolute atomic E-state index is 0.0115. The van der Waals surface area contributed by atoms with E-state index >= 15 is 0 Å². The molecule has 2 aliphatic rings. The van der Waals surface area contributed by atoms with Crippen molar-refractivity contribution in [2.24, 2.45) is 10.9 Å². The lowest BCUT2D eigenvalue weighted by Gasteiger charge is -2.30. The molecule has 132 valence electrons. The Morgan fingerprint density at radius 3 is 2.96 bits per heavy atom. The number of nitrogens with zero attached hydrogens (tertiary/aromatic N) is 1. The van der Waals surface area contributed by atoms with Gasteiger partial charge in [0.25, 0.3) is 0 Å². The number of benzene rings is 1. The van der Waals surface area contributed by atoms with E-state index in [1.165, 1.54) is 11.8 Å². The summed E-state index contributed by atoms with van der Waals surface area (Å²) in [5.74, 6) is -0.740. The molecule has 1 aromatic rings. The topological polar surface area (TPSA) is 55.7 Å². The van der Waals surface area contributed by atoms with Crippen LogP contribution in [-0.2, 0) is 14.3 Å². The van der Waals surface area contributed by atoms with Gasteiger partial charge in [-0.1, -0.05) is 48.8 Å². The van der Waals surface area contributed by atoms with Crippen molar-refractivity contribution >= 4 is 40.2 Å². The fourth-order valence-electron chi connectivity index (χ4n) is 3.27. The van der Waals surface area contributed by atoms with Gasteiger partial charge in [0, 0.05) is 28.0 Å². The number of unbranched alkanes of at least 4 members (excludes halogenated alkanes) is 1. The van der Waals surface area contributed by atoms with E-state index in [1.807, 2.05) is 32.0 Å². The molecular weight excluding hydrogens is 358 g/mol. The zero-order valence-electron chi connectivity index (χ0n) is 14.3. The quantitative estimate of drug-likeness (QED) is 0.564. The van der Waals surface area contributed by atoms with Crippen molar-refractivity contribution in [2.75, 3.05) is 12.4 Å². The highest BCUT2D eigenvalue weighted by atomic mass is 35.5. The first-order chi connectivity index (χ1) is 12.0. The molecule has 2 unspecified atom stereocenters. The van der Waals surface area contributed by atoms with E-state index in [0.717, 1.165) is 24.1 Å². The van der Waals surface area contributed by atoms with Crippen LogP contribution in [-0.4, -0.2) is 29.2 Å². The minimum Gasteiger partial charge on any atom is -0.465 e. The van der Waals surface area contributed by atoms with Crippen molar-refractivity contribution in [1.29, 1.82) is 0 Å². The second-order valence-electron chi connectivity index (χ2n) is 6.22. The molecular formula is C19H20ClNO3S. The molecule has 0 N–H and O–H groups in total. The molecule has 0 aliphatic carbocycles. The maximum Gasteiger partial charge on any atom is 0.315 e. The Balaban J connectivity index is 2.01. The first-order valence-corrected chi connectivity index (χ1v) is 9.76. The smallest absolute Gasteiger partial charge is 0.315 e. The van der Waals surface area contributed by atoms with Gasteiger partial charge in [-0.15, -0.1) is 0 Å². The summed E-state index contributed by atoms with van der Waals surface area (Å²) in [5, 5.41) is 0.568. The number of halogens is 1. The van der Waals surface area contributed by atoms with E-state index in [2.05, 4.69) is 4.99 Å². The molecule has 0 spiro atoms. The number of hydrogen-bond acceptors (Lipinski definition) is 5. The fourth-order valence-corrected chi connectivity index (χ4v) is 4.36. The molecule has 1 aromatic carbocycles. The Morgan fingerprint density at radius 2 is 2.24 bits per heavy atom. The van der Waals surface area contributed by atoms with Crippen LogP contribution < -0.4 is 0 Å². The minimum atomic E-state index is -0.586. The van der Waals surface area contributed by atoms with Gasteiger partial charge in [0.1, 0.15) is 5.92 Å². The van der Waals surface area contributed by atoms with Crippen LogP contribution >= 0.6 is 23.4 Å². The van der Waals surface area contributed by atoms with Crippen molar-refractivity contribution in [3.8, 4) is 0 Å². The summed E-state index contributed by atoms with van der Waals surface area (Å²) in [4.78, 5) is 29.8. The van der Waals surface area contributed by atoms with E-state index in [9.17, 15) is 9.59 Å². The third kappa shape index (κ3) is 3.67. The largest absolute Gasteiger partial charge is 0.465 e. The third-order valence-electron chi connectivity index (χ3n) is 4.48. The SMILES string of the molecule is CCCCOC(=O)C1C(C)=NC2=C(C(=O)SC2)C1c1cccc(Cl)c1. The molecule has 25 heavy (non-hydrogen) atoms. The Kier molecular flexibility index (Phi) is 5.64. The summed E-state index contributed by atoms with van der Waals surface area (Å²) in [6.45, 7) is 4.26. The first kappa shape index (κ1) is 18.2. The van der Waals surface area contributed by atoms with E-state index in [1.54, 1.807) is 6.07 Å². The summed E-state index contributed by atoms with van der Waals surface area (Å²) in [7, 11) is 0. The fraction of sp³-hybridized carbons (Fsp3) is 0.421. The maximum absolute atomic E-state index is 12.8. The average Bonchev–Trinajstić information content (AvgIpc) is 2.94. The van der Waals surface area contributed by atoms with E-state index in [4.69, 9.17) is 16.3 Å². The van der Waals surface area contributed by atoms with Gasteiger partial charge in [-0.05, 0) is 31.0 Å². The number of ether oxygens (including phenoxy) is 1. The van der Waals surface area contributed by atoms with E-state index in [0.29, 0.717) is 28.7 Å². The van der Waals surface area contributed by atoms with Crippen molar-refractivity contribution in [2.45, 2.75) is 32.6 Å². The van der Waals surface area contributed by atoms with Gasteiger partial charge < -0.3 is 4.74 Å². The monoisotopic (exact) mass is 377 g/mol. The number of carbonyl (C=O) groups excluding carboxylic acids is 2. The molecule has 0 radical (unpaired) electrons. The normalized spacial score (nSPS) is 22.7. The van der Waals surface area contributed by atoms with Gasteiger partial charge in [-0.25, -0.2) is 0 Å². The molecule has 0 fully saturated rings. The lowest BCUT2D eigenvalue weighted by Crippen LogP contribution is -2.35. The summed E-state index contributed by atoms with van der Waals surface area (Å²) in [6.07, 6.45) is 1.77. The highest BCUT2D eigenvalue weighted by Crippen LogP contribution is 2.45. The first-order valence-electron chi connectivity index (χ1n) is 8.40. The molecule has 2 aliphatic heterocycles. The Labute approximate surface area is 156 Å². The van der Waals surface area contributed by atoms with Crippen molar-refractivity contribution in [1.82, 2.24) is 0 Å². The Bertz CT molecular complexity index is 772. The number of esters is 1. The van der Waals surface area contributed by atoms with E-state index in [-0.39, 0.29) is 17.0 Å². The molecule has 2 atom stereocenters. The second-order valence-corrected chi connectivity index (χ2v) is 7.61. The highest BCUT2D eigenvalue weighted by molar-refractivity contribution is 8.14. The van der Waals surface area contributed by atoms with Gasteiger partial charge in [0.2, 0.25) is 5.12 Å². The molecule has 0 bridgehead atoms. The summed E-state index contributed by atoms with van der Waals surface area (Å²) < 4.78 is 5.46. The predicted molar refractivity (Wildman–Crippen MR) is 101 cm³/mol. The van der Waals surface area contributed by atoms with Crippen LogP contribution in [0.15, 0.2) is 40.5 Å². The number of thioether (sulfide) groups is 1. The van der Waals surface area contributed by atoms with Crippen LogP contribution in [0.25, 0.3) is 0 Å².